The molecule has 2 aromatic rings. The fourth-order valence-corrected chi connectivity index (χ4v) is 3.53. The lowest BCUT2D eigenvalue weighted by molar-refractivity contribution is -0.138. The van der Waals surface area contributed by atoms with Gasteiger partial charge in [0.1, 0.15) is 16.5 Å². The van der Waals surface area contributed by atoms with Crippen LogP contribution in [0.2, 0.25) is 0 Å². The Kier molecular flexibility index (Phi) is 6.05. The molecule has 0 radical (unpaired) electrons. The highest BCUT2D eigenvalue weighted by molar-refractivity contribution is 7.17. The summed E-state index contributed by atoms with van der Waals surface area (Å²) in [5, 5.41) is 5.71. The monoisotopic (exact) mass is 401 g/mol. The molecule has 28 heavy (non-hydrogen) atoms. The number of ether oxygens (including phenoxy) is 2. The van der Waals surface area contributed by atoms with E-state index in [0.29, 0.717) is 15.6 Å². The second-order valence-corrected chi connectivity index (χ2v) is 6.86. The number of carbonyl (C=O) groups excluding carboxylic acids is 3. The number of carbonyl (C=O) groups is 3. The first kappa shape index (κ1) is 19.6. The summed E-state index contributed by atoms with van der Waals surface area (Å²) in [6.45, 7) is 3.37. The highest BCUT2D eigenvalue weighted by atomic mass is 32.1. The van der Waals surface area contributed by atoms with Gasteiger partial charge in [-0.1, -0.05) is 30.3 Å². The van der Waals surface area contributed by atoms with E-state index in [0.717, 1.165) is 5.56 Å². The van der Waals surface area contributed by atoms with Crippen LogP contribution in [-0.4, -0.2) is 42.7 Å². The van der Waals surface area contributed by atoms with Crippen LogP contribution >= 0.6 is 11.3 Å². The van der Waals surface area contributed by atoms with Gasteiger partial charge in [-0.05, 0) is 13.8 Å². The topological polar surface area (TPSA) is 107 Å². The molecule has 3 rings (SSSR count). The smallest absolute Gasteiger partial charge is 0.350 e. The zero-order chi connectivity index (χ0) is 20.1. The van der Waals surface area contributed by atoms with E-state index in [-0.39, 0.29) is 31.0 Å². The van der Waals surface area contributed by atoms with Gasteiger partial charge in [-0.15, -0.1) is 11.3 Å². The highest BCUT2D eigenvalue weighted by Crippen LogP contribution is 2.28. The number of rotatable bonds is 6. The second-order valence-electron chi connectivity index (χ2n) is 5.86. The number of aromatic nitrogens is 1. The molecule has 1 aromatic carbocycles. The molecule has 0 saturated carbocycles. The number of nitrogens with zero attached hydrogens (tertiary/aromatic N) is 1. The number of hydrogen-bond donors (Lipinski definition) is 2. The van der Waals surface area contributed by atoms with Gasteiger partial charge in [0.15, 0.2) is 0 Å². The van der Waals surface area contributed by atoms with Crippen molar-refractivity contribution in [3.63, 3.8) is 0 Å². The lowest BCUT2D eigenvalue weighted by Gasteiger charge is -2.21. The number of esters is 2. The molecular weight excluding hydrogens is 382 g/mol. The summed E-state index contributed by atoms with van der Waals surface area (Å²) in [6.07, 6.45) is 0. The van der Waals surface area contributed by atoms with Crippen molar-refractivity contribution in [1.29, 1.82) is 0 Å². The molecule has 2 N–H and O–H groups in total. The maximum atomic E-state index is 12.5. The van der Waals surface area contributed by atoms with Crippen LogP contribution in [-0.2, 0) is 14.3 Å². The van der Waals surface area contributed by atoms with Crippen molar-refractivity contribution in [2.75, 3.05) is 19.8 Å². The van der Waals surface area contributed by atoms with E-state index >= 15 is 0 Å². The number of urea groups is 1. The molecule has 0 aliphatic carbocycles. The van der Waals surface area contributed by atoms with Crippen LogP contribution in [0.25, 0.3) is 10.6 Å². The highest BCUT2D eigenvalue weighted by Gasteiger charge is 2.25. The van der Waals surface area contributed by atoms with Gasteiger partial charge < -0.3 is 20.1 Å². The quantitative estimate of drug-likeness (QED) is 0.720. The van der Waals surface area contributed by atoms with Crippen molar-refractivity contribution < 1.29 is 23.9 Å². The number of thiazole rings is 1. The molecule has 8 nitrogen and oxygen atoms in total. The lowest BCUT2D eigenvalue weighted by atomic mass is 10.2. The minimum atomic E-state index is -0.569. The van der Waals surface area contributed by atoms with Crippen LogP contribution in [0.15, 0.2) is 41.6 Å². The molecule has 146 valence electrons. The first-order valence-corrected chi connectivity index (χ1v) is 9.45. The Balaban J connectivity index is 1.75. The van der Waals surface area contributed by atoms with Crippen LogP contribution in [0.5, 0.6) is 0 Å². The summed E-state index contributed by atoms with van der Waals surface area (Å²) in [4.78, 5) is 40.9. The lowest BCUT2D eigenvalue weighted by Crippen LogP contribution is -2.45. The average Bonchev–Trinajstić information content (AvgIpc) is 3.09. The summed E-state index contributed by atoms with van der Waals surface area (Å²) in [5.74, 6) is -1.14. The molecule has 0 spiro atoms. The van der Waals surface area contributed by atoms with E-state index in [1.807, 2.05) is 30.3 Å². The number of aryl methyl sites for hydroxylation is 1. The van der Waals surface area contributed by atoms with E-state index in [2.05, 4.69) is 15.6 Å². The Morgan fingerprint density at radius 3 is 2.64 bits per heavy atom. The van der Waals surface area contributed by atoms with Gasteiger partial charge in [0.05, 0.1) is 30.1 Å². The molecule has 0 saturated heterocycles. The van der Waals surface area contributed by atoms with Gasteiger partial charge in [0.25, 0.3) is 0 Å². The molecular formula is C19H19N3O5S. The summed E-state index contributed by atoms with van der Waals surface area (Å²) in [5.41, 5.74) is 1.90. The van der Waals surface area contributed by atoms with Crippen molar-refractivity contribution in [3.8, 4) is 10.6 Å². The van der Waals surface area contributed by atoms with Gasteiger partial charge in [0.2, 0.25) is 0 Å². The van der Waals surface area contributed by atoms with Gasteiger partial charge in [-0.2, -0.15) is 0 Å². The molecule has 0 fully saturated rings. The third-order valence-electron chi connectivity index (χ3n) is 3.93. The predicted molar refractivity (Wildman–Crippen MR) is 103 cm³/mol. The summed E-state index contributed by atoms with van der Waals surface area (Å²) in [7, 11) is 0. The number of amides is 2. The van der Waals surface area contributed by atoms with Gasteiger partial charge in [-0.25, -0.2) is 19.4 Å². The zero-order valence-corrected chi connectivity index (χ0v) is 16.2. The van der Waals surface area contributed by atoms with Gasteiger partial charge in [0, 0.05) is 5.56 Å². The standard InChI is InChI=1S/C19H19N3O5S/c1-3-26-17(23)13-9-20-19(25)22-14(13)10-27-18(24)15-11(2)21-16(28-15)12-7-5-4-6-8-12/h4-8H,3,9-10H2,1-2H3,(H2,20,22,25). The van der Waals surface area contributed by atoms with Crippen molar-refractivity contribution in [2.45, 2.75) is 13.8 Å². The fourth-order valence-electron chi connectivity index (χ4n) is 2.56. The van der Waals surface area contributed by atoms with Crippen molar-refractivity contribution >= 4 is 29.3 Å². The molecule has 9 heteroatoms. The molecule has 2 amide bonds. The first-order valence-electron chi connectivity index (χ1n) is 8.63. The third kappa shape index (κ3) is 4.37. The SMILES string of the molecule is CCOC(=O)C1=C(COC(=O)c2sc(-c3ccccc3)nc2C)NC(=O)NC1. The number of nitrogens with one attached hydrogen (secondary N) is 2. The minimum absolute atomic E-state index is 0.00922. The summed E-state index contributed by atoms with van der Waals surface area (Å²) < 4.78 is 10.3. The normalized spacial score (nSPS) is 13.6. The van der Waals surface area contributed by atoms with Gasteiger partial charge >= 0.3 is 18.0 Å². The van der Waals surface area contributed by atoms with E-state index in [1.165, 1.54) is 11.3 Å². The second kappa shape index (κ2) is 8.66. The van der Waals surface area contributed by atoms with Crippen molar-refractivity contribution in [3.05, 3.63) is 52.2 Å². The van der Waals surface area contributed by atoms with Crippen LogP contribution in [0.4, 0.5) is 4.79 Å². The molecule has 0 unspecified atom stereocenters. The van der Waals surface area contributed by atoms with Crippen LogP contribution in [0.3, 0.4) is 0 Å². The number of hydrogen-bond acceptors (Lipinski definition) is 7. The van der Waals surface area contributed by atoms with Crippen LogP contribution < -0.4 is 10.6 Å². The largest absolute Gasteiger partial charge is 0.463 e. The zero-order valence-electron chi connectivity index (χ0n) is 15.4. The third-order valence-corrected chi connectivity index (χ3v) is 5.11. The van der Waals surface area contributed by atoms with Gasteiger partial charge in [-0.3, -0.25) is 0 Å². The van der Waals surface area contributed by atoms with E-state index in [4.69, 9.17) is 9.47 Å². The van der Waals surface area contributed by atoms with Crippen LogP contribution in [0.1, 0.15) is 22.3 Å². The van der Waals surface area contributed by atoms with E-state index < -0.39 is 18.0 Å². The average molecular weight is 401 g/mol. The van der Waals surface area contributed by atoms with E-state index in [1.54, 1.807) is 13.8 Å². The van der Waals surface area contributed by atoms with E-state index in [9.17, 15) is 14.4 Å². The Labute approximate surface area is 165 Å². The van der Waals surface area contributed by atoms with Crippen molar-refractivity contribution in [2.24, 2.45) is 0 Å². The molecule has 0 bridgehead atoms. The molecule has 1 aliphatic heterocycles. The maximum Gasteiger partial charge on any atom is 0.350 e. The Hall–Kier alpha value is -3.20. The Morgan fingerprint density at radius 2 is 1.93 bits per heavy atom. The number of benzene rings is 1. The van der Waals surface area contributed by atoms with Crippen LogP contribution in [0, 0.1) is 6.92 Å². The Bertz CT molecular complexity index is 936. The molecule has 1 aromatic heterocycles. The Morgan fingerprint density at radius 1 is 1.18 bits per heavy atom. The first-order chi connectivity index (χ1) is 13.5. The fraction of sp³-hybridized carbons (Fsp3) is 0.263. The summed E-state index contributed by atoms with van der Waals surface area (Å²) in [6, 6.07) is 9.05. The maximum absolute atomic E-state index is 12.5. The van der Waals surface area contributed by atoms with Crippen molar-refractivity contribution in [1.82, 2.24) is 15.6 Å². The molecule has 0 atom stereocenters. The molecule has 1 aliphatic rings. The molecule has 2 heterocycles. The predicted octanol–water partition coefficient (Wildman–Crippen LogP) is 2.41. The summed E-state index contributed by atoms with van der Waals surface area (Å²) >= 11 is 1.23. The minimum Gasteiger partial charge on any atom is -0.463 e.